The van der Waals surface area contributed by atoms with Gasteiger partial charge in [0.05, 0.1) is 5.69 Å². The number of carbonyl (C=O) groups excluding carboxylic acids is 1. The van der Waals surface area contributed by atoms with Crippen LogP contribution < -0.4 is 0 Å². The van der Waals surface area contributed by atoms with Crippen LogP contribution in [0.4, 0.5) is 0 Å². The molecule has 82 valence electrons. The van der Waals surface area contributed by atoms with Crippen molar-refractivity contribution in [2.24, 2.45) is 11.8 Å². The summed E-state index contributed by atoms with van der Waals surface area (Å²) in [4.78, 5) is 10.9. The van der Waals surface area contributed by atoms with Gasteiger partial charge in [0.15, 0.2) is 0 Å². The second-order valence-electron chi connectivity index (χ2n) is 4.71. The first-order chi connectivity index (χ1) is 7.20. The van der Waals surface area contributed by atoms with Gasteiger partial charge in [-0.15, -0.1) is 5.10 Å². The topological polar surface area (TPSA) is 47.8 Å². The van der Waals surface area contributed by atoms with E-state index in [-0.39, 0.29) is 12.0 Å². The lowest BCUT2D eigenvalue weighted by molar-refractivity contribution is -0.111. The molecule has 0 N–H and O–H groups in total. The Morgan fingerprint density at radius 1 is 1.60 bits per heavy atom. The summed E-state index contributed by atoms with van der Waals surface area (Å²) in [5, 5.41) is 8.13. The van der Waals surface area contributed by atoms with Crippen LogP contribution in [0.25, 0.3) is 0 Å². The summed E-state index contributed by atoms with van der Waals surface area (Å²) >= 11 is 0. The van der Waals surface area contributed by atoms with E-state index in [9.17, 15) is 4.79 Å². The normalized spacial score (nSPS) is 18.1. The second kappa shape index (κ2) is 4.13. The summed E-state index contributed by atoms with van der Waals surface area (Å²) in [6.07, 6.45) is 6.50. The van der Waals surface area contributed by atoms with Crippen molar-refractivity contribution in [1.82, 2.24) is 15.0 Å². The van der Waals surface area contributed by atoms with Gasteiger partial charge in [-0.1, -0.05) is 19.1 Å². The molecule has 1 saturated carbocycles. The molecule has 15 heavy (non-hydrogen) atoms. The molecule has 1 atom stereocenters. The highest BCUT2D eigenvalue weighted by atomic mass is 16.1. The fourth-order valence-corrected chi connectivity index (χ4v) is 1.70. The summed E-state index contributed by atoms with van der Waals surface area (Å²) in [5.74, 6) is 1.07. The average Bonchev–Trinajstić information content (AvgIpc) is 2.86. The summed E-state index contributed by atoms with van der Waals surface area (Å²) < 4.78 is 1.69. The first-order valence-corrected chi connectivity index (χ1v) is 5.56. The zero-order valence-electron chi connectivity index (χ0n) is 9.26. The fourth-order valence-electron chi connectivity index (χ4n) is 1.70. The van der Waals surface area contributed by atoms with Gasteiger partial charge in [-0.2, -0.15) is 0 Å². The molecule has 1 aromatic heterocycles. The maximum Gasteiger partial charge on any atom is 0.144 e. The van der Waals surface area contributed by atoms with Crippen LogP contribution in [0.5, 0.6) is 0 Å². The van der Waals surface area contributed by atoms with E-state index in [1.54, 1.807) is 4.68 Å². The van der Waals surface area contributed by atoms with Gasteiger partial charge in [0.25, 0.3) is 0 Å². The highest BCUT2D eigenvalue weighted by molar-refractivity contribution is 5.55. The molecule has 1 aliphatic carbocycles. The lowest BCUT2D eigenvalue weighted by Crippen LogP contribution is -2.17. The van der Waals surface area contributed by atoms with Crippen LogP contribution in [0, 0.1) is 11.8 Å². The minimum absolute atomic E-state index is 0.176. The van der Waals surface area contributed by atoms with E-state index in [2.05, 4.69) is 10.3 Å². The van der Waals surface area contributed by atoms with Gasteiger partial charge >= 0.3 is 0 Å². The van der Waals surface area contributed by atoms with E-state index in [0.29, 0.717) is 0 Å². The van der Waals surface area contributed by atoms with Crippen molar-refractivity contribution in [1.29, 1.82) is 0 Å². The number of nitrogens with zero attached hydrogens (tertiary/aromatic N) is 3. The monoisotopic (exact) mass is 207 g/mol. The van der Waals surface area contributed by atoms with E-state index >= 15 is 0 Å². The molecule has 0 bridgehead atoms. The molecular formula is C11H17N3O. The third-order valence-corrected chi connectivity index (χ3v) is 2.88. The molecule has 0 amide bonds. The van der Waals surface area contributed by atoms with Crippen LogP contribution in [0.3, 0.4) is 0 Å². The molecule has 0 spiro atoms. The second-order valence-corrected chi connectivity index (χ2v) is 4.71. The van der Waals surface area contributed by atoms with Gasteiger partial charge in [0.2, 0.25) is 0 Å². The van der Waals surface area contributed by atoms with Crippen LogP contribution >= 0.6 is 0 Å². The summed E-state index contributed by atoms with van der Waals surface area (Å²) in [6.45, 7) is 4.03. The average molecular weight is 207 g/mol. The van der Waals surface area contributed by atoms with Gasteiger partial charge in [0.1, 0.15) is 12.3 Å². The molecule has 0 aromatic carbocycles. The molecule has 0 unspecified atom stereocenters. The molecule has 0 aliphatic heterocycles. The first-order valence-electron chi connectivity index (χ1n) is 5.56. The number of hydrogen-bond acceptors (Lipinski definition) is 3. The minimum atomic E-state index is -0.176. The lowest BCUT2D eigenvalue weighted by Gasteiger charge is -2.12. The Balaban J connectivity index is 2.06. The van der Waals surface area contributed by atoms with Crippen LogP contribution in [0.15, 0.2) is 6.20 Å². The van der Waals surface area contributed by atoms with Crippen molar-refractivity contribution in [3.05, 3.63) is 11.9 Å². The molecule has 4 nitrogen and oxygen atoms in total. The fraction of sp³-hybridized carbons (Fsp3) is 0.727. The maximum atomic E-state index is 10.9. The Morgan fingerprint density at radius 2 is 2.33 bits per heavy atom. The molecule has 1 aliphatic rings. The largest absolute Gasteiger partial charge is 0.301 e. The minimum Gasteiger partial charge on any atom is -0.301 e. The Bertz CT molecular complexity index is 341. The van der Waals surface area contributed by atoms with Crippen LogP contribution in [0.2, 0.25) is 0 Å². The molecule has 1 heterocycles. The number of aromatic nitrogens is 3. The van der Waals surface area contributed by atoms with Crippen molar-refractivity contribution in [3.8, 4) is 0 Å². The quantitative estimate of drug-likeness (QED) is 0.689. The number of carbonyl (C=O) groups is 1. The number of aldehydes is 1. The Kier molecular flexibility index (Phi) is 2.84. The maximum absolute atomic E-state index is 10.9. The third-order valence-electron chi connectivity index (χ3n) is 2.88. The Hall–Kier alpha value is -1.19. The van der Waals surface area contributed by atoms with Crippen molar-refractivity contribution in [3.63, 3.8) is 0 Å². The molecule has 0 radical (unpaired) electrons. The van der Waals surface area contributed by atoms with Gasteiger partial charge < -0.3 is 4.79 Å². The predicted octanol–water partition coefficient (Wildman–Crippen LogP) is 1.63. The zero-order chi connectivity index (χ0) is 10.8. The van der Waals surface area contributed by atoms with Crippen molar-refractivity contribution >= 4 is 6.29 Å². The molecular weight excluding hydrogens is 190 g/mol. The smallest absolute Gasteiger partial charge is 0.144 e. The zero-order valence-corrected chi connectivity index (χ0v) is 9.26. The predicted molar refractivity (Wildman–Crippen MR) is 56.4 cm³/mol. The molecule has 1 aromatic rings. The molecule has 2 rings (SSSR count). The lowest BCUT2D eigenvalue weighted by atomic mass is 10.1. The molecule has 0 saturated heterocycles. The van der Waals surface area contributed by atoms with Crippen LogP contribution in [-0.2, 0) is 11.2 Å². The number of hydrogen-bond donors (Lipinski definition) is 0. The Morgan fingerprint density at radius 3 is 2.87 bits per heavy atom. The van der Waals surface area contributed by atoms with Gasteiger partial charge in [0, 0.05) is 6.20 Å². The van der Waals surface area contributed by atoms with E-state index in [0.717, 1.165) is 24.3 Å². The summed E-state index contributed by atoms with van der Waals surface area (Å²) in [6, 6.07) is -0.176. The SMILES string of the molecule is CC(C)[C@@H](C=O)n1cc(CC2CC2)nn1. The van der Waals surface area contributed by atoms with Crippen molar-refractivity contribution in [2.75, 3.05) is 0 Å². The summed E-state index contributed by atoms with van der Waals surface area (Å²) in [7, 11) is 0. The Labute approximate surface area is 89.7 Å². The van der Waals surface area contributed by atoms with Crippen LogP contribution in [0.1, 0.15) is 38.4 Å². The van der Waals surface area contributed by atoms with Gasteiger partial charge in [-0.25, -0.2) is 4.68 Å². The van der Waals surface area contributed by atoms with Crippen molar-refractivity contribution in [2.45, 2.75) is 39.2 Å². The number of rotatable bonds is 5. The first kappa shape index (κ1) is 10.3. The van der Waals surface area contributed by atoms with Gasteiger partial charge in [-0.3, -0.25) is 0 Å². The van der Waals surface area contributed by atoms with Crippen molar-refractivity contribution < 1.29 is 4.79 Å². The molecule has 4 heteroatoms. The third kappa shape index (κ3) is 2.43. The van der Waals surface area contributed by atoms with E-state index < -0.39 is 0 Å². The van der Waals surface area contributed by atoms with E-state index in [1.165, 1.54) is 12.8 Å². The van der Waals surface area contributed by atoms with Gasteiger partial charge in [-0.05, 0) is 31.1 Å². The van der Waals surface area contributed by atoms with E-state index in [1.807, 2.05) is 20.0 Å². The highest BCUT2D eigenvalue weighted by Gasteiger charge is 2.24. The standard InChI is InChI=1S/C11H17N3O/c1-8(2)11(7-15)14-6-10(12-13-14)5-9-3-4-9/h6-9,11H,3-5H2,1-2H3/t11-/m1/s1. The van der Waals surface area contributed by atoms with E-state index in [4.69, 9.17) is 0 Å². The van der Waals surface area contributed by atoms with Crippen LogP contribution in [-0.4, -0.2) is 21.3 Å². The highest BCUT2D eigenvalue weighted by Crippen LogP contribution is 2.32. The molecule has 1 fully saturated rings. The summed E-state index contributed by atoms with van der Waals surface area (Å²) in [5.41, 5.74) is 1.02.